The molecule has 2 aromatic carbocycles. The number of hydrogen-bond acceptors (Lipinski definition) is 2. The van der Waals surface area contributed by atoms with E-state index in [2.05, 4.69) is 65.6 Å². The minimum Gasteiger partial charge on any atom is -0.369 e. The predicted octanol–water partition coefficient (Wildman–Crippen LogP) is 3.02. The Hall–Kier alpha value is -2.13. The van der Waals surface area contributed by atoms with Crippen molar-refractivity contribution in [2.24, 2.45) is 11.7 Å². The van der Waals surface area contributed by atoms with E-state index < -0.39 is 0 Å². The van der Waals surface area contributed by atoms with Crippen molar-refractivity contribution in [3.63, 3.8) is 0 Å². The van der Waals surface area contributed by atoms with Crippen LogP contribution in [0.4, 0.5) is 0 Å². The zero-order valence-electron chi connectivity index (χ0n) is 13.4. The molecule has 1 fully saturated rings. The van der Waals surface area contributed by atoms with Crippen LogP contribution in [0.5, 0.6) is 0 Å². The Morgan fingerprint density at radius 1 is 1.04 bits per heavy atom. The van der Waals surface area contributed by atoms with Crippen LogP contribution in [-0.2, 0) is 4.79 Å². The molecule has 120 valence electrons. The number of piperidine rings is 1. The van der Waals surface area contributed by atoms with E-state index in [-0.39, 0.29) is 11.8 Å². The van der Waals surface area contributed by atoms with Crippen molar-refractivity contribution in [2.45, 2.75) is 18.8 Å². The highest BCUT2D eigenvalue weighted by molar-refractivity contribution is 5.76. The van der Waals surface area contributed by atoms with Crippen molar-refractivity contribution in [3.8, 4) is 0 Å². The van der Waals surface area contributed by atoms with Gasteiger partial charge in [-0.2, -0.15) is 0 Å². The second-order valence-corrected chi connectivity index (χ2v) is 6.38. The zero-order chi connectivity index (χ0) is 16.1. The molecule has 0 aromatic heterocycles. The van der Waals surface area contributed by atoms with E-state index in [0.29, 0.717) is 5.92 Å². The monoisotopic (exact) mass is 308 g/mol. The minimum absolute atomic E-state index is 0.00375. The lowest BCUT2D eigenvalue weighted by atomic mass is 9.89. The third-order valence-corrected chi connectivity index (χ3v) is 4.75. The molecular weight excluding hydrogens is 284 g/mol. The summed E-state index contributed by atoms with van der Waals surface area (Å²) < 4.78 is 0. The molecule has 1 heterocycles. The topological polar surface area (TPSA) is 46.3 Å². The number of nitrogens with two attached hydrogens (primary N) is 1. The first-order chi connectivity index (χ1) is 11.2. The van der Waals surface area contributed by atoms with Gasteiger partial charge in [-0.05, 0) is 30.5 Å². The smallest absolute Gasteiger partial charge is 0.221 e. The lowest BCUT2D eigenvalue weighted by Crippen LogP contribution is -2.42. The summed E-state index contributed by atoms with van der Waals surface area (Å²) in [5, 5.41) is 0. The third kappa shape index (κ3) is 3.99. The second kappa shape index (κ2) is 7.42. The second-order valence-electron chi connectivity index (χ2n) is 6.38. The molecule has 0 saturated carbocycles. The fourth-order valence-corrected chi connectivity index (χ4v) is 3.49. The fourth-order valence-electron chi connectivity index (χ4n) is 3.49. The molecule has 1 unspecified atom stereocenters. The van der Waals surface area contributed by atoms with Crippen molar-refractivity contribution >= 4 is 5.91 Å². The maximum absolute atomic E-state index is 11.5. The molecule has 3 heteroatoms. The quantitative estimate of drug-likeness (QED) is 0.923. The van der Waals surface area contributed by atoms with Gasteiger partial charge in [0.2, 0.25) is 5.91 Å². The molecule has 2 aromatic rings. The van der Waals surface area contributed by atoms with Crippen LogP contribution >= 0.6 is 0 Å². The number of hydrogen-bond donors (Lipinski definition) is 1. The van der Waals surface area contributed by atoms with Crippen LogP contribution in [0.3, 0.4) is 0 Å². The summed E-state index contributed by atoms with van der Waals surface area (Å²) >= 11 is 0. The van der Waals surface area contributed by atoms with E-state index >= 15 is 0 Å². The Bertz CT molecular complexity index is 587. The van der Waals surface area contributed by atoms with Gasteiger partial charge < -0.3 is 10.6 Å². The van der Waals surface area contributed by atoms with Crippen LogP contribution in [0.1, 0.15) is 29.9 Å². The summed E-state index contributed by atoms with van der Waals surface area (Å²) in [5.74, 6) is 0.158. The highest BCUT2D eigenvalue weighted by atomic mass is 16.1. The predicted molar refractivity (Wildman–Crippen MR) is 93.1 cm³/mol. The van der Waals surface area contributed by atoms with Gasteiger partial charge in [0.15, 0.2) is 0 Å². The first kappa shape index (κ1) is 15.8. The van der Waals surface area contributed by atoms with Crippen molar-refractivity contribution in [1.29, 1.82) is 0 Å². The molecular formula is C20H24N2O. The number of benzene rings is 2. The van der Waals surface area contributed by atoms with Crippen LogP contribution in [0.15, 0.2) is 60.7 Å². The van der Waals surface area contributed by atoms with Gasteiger partial charge in [-0.25, -0.2) is 0 Å². The van der Waals surface area contributed by atoms with Crippen molar-refractivity contribution in [3.05, 3.63) is 71.8 Å². The third-order valence-electron chi connectivity index (χ3n) is 4.75. The molecule has 0 bridgehead atoms. The van der Waals surface area contributed by atoms with Crippen molar-refractivity contribution in [2.75, 3.05) is 19.6 Å². The molecule has 2 N–H and O–H groups in total. The summed E-state index contributed by atoms with van der Waals surface area (Å²) in [7, 11) is 0. The summed E-state index contributed by atoms with van der Waals surface area (Å²) in [6.45, 7) is 2.75. The van der Waals surface area contributed by atoms with Gasteiger partial charge in [0.1, 0.15) is 0 Å². The maximum Gasteiger partial charge on any atom is 0.221 e. The normalized spacial score (nSPS) is 18.9. The van der Waals surface area contributed by atoms with Gasteiger partial charge in [-0.15, -0.1) is 0 Å². The lowest BCUT2D eigenvalue weighted by molar-refractivity contribution is -0.123. The average Bonchev–Trinajstić information content (AvgIpc) is 2.61. The number of carbonyl (C=O) groups excluding carboxylic acids is 1. The summed E-state index contributed by atoms with van der Waals surface area (Å²) in [4.78, 5) is 13.9. The van der Waals surface area contributed by atoms with E-state index in [1.165, 1.54) is 11.1 Å². The highest BCUT2D eigenvalue weighted by Crippen LogP contribution is 2.27. The first-order valence-electron chi connectivity index (χ1n) is 8.35. The van der Waals surface area contributed by atoms with Crippen LogP contribution in [0.25, 0.3) is 0 Å². The number of likely N-dealkylation sites (tertiary alicyclic amines) is 1. The zero-order valence-corrected chi connectivity index (χ0v) is 13.4. The number of carbonyl (C=O) groups is 1. The van der Waals surface area contributed by atoms with Crippen LogP contribution in [0, 0.1) is 5.92 Å². The molecule has 1 aliphatic rings. The Balaban J connectivity index is 1.81. The SMILES string of the molecule is NC(=O)C1CCCN(CC(c2ccccc2)c2ccccc2)C1. The Morgan fingerprint density at radius 2 is 1.61 bits per heavy atom. The van der Waals surface area contributed by atoms with E-state index in [4.69, 9.17) is 5.73 Å². The van der Waals surface area contributed by atoms with E-state index in [9.17, 15) is 4.79 Å². The summed E-state index contributed by atoms with van der Waals surface area (Å²) in [5.41, 5.74) is 8.16. The standard InChI is InChI=1S/C20H24N2O/c21-20(23)18-12-7-13-22(14-18)15-19(16-8-3-1-4-9-16)17-10-5-2-6-11-17/h1-6,8-11,18-19H,7,12-15H2,(H2,21,23). The Morgan fingerprint density at radius 3 is 2.13 bits per heavy atom. The first-order valence-corrected chi connectivity index (χ1v) is 8.35. The molecule has 3 nitrogen and oxygen atoms in total. The van der Waals surface area contributed by atoms with Gasteiger partial charge in [0, 0.05) is 19.0 Å². The molecule has 23 heavy (non-hydrogen) atoms. The molecule has 0 radical (unpaired) electrons. The fraction of sp³-hybridized carbons (Fsp3) is 0.350. The van der Waals surface area contributed by atoms with Crippen LogP contribution in [0.2, 0.25) is 0 Å². The maximum atomic E-state index is 11.5. The molecule has 0 spiro atoms. The molecule has 1 saturated heterocycles. The Kier molecular flexibility index (Phi) is 5.09. The highest BCUT2D eigenvalue weighted by Gasteiger charge is 2.26. The van der Waals surface area contributed by atoms with Crippen LogP contribution in [-0.4, -0.2) is 30.4 Å². The number of primary amides is 1. The van der Waals surface area contributed by atoms with Gasteiger partial charge in [-0.3, -0.25) is 4.79 Å². The van der Waals surface area contributed by atoms with E-state index in [0.717, 1.165) is 32.5 Å². The largest absolute Gasteiger partial charge is 0.369 e. The van der Waals surface area contributed by atoms with Crippen LogP contribution < -0.4 is 5.73 Å². The Labute approximate surface area is 138 Å². The summed E-state index contributed by atoms with van der Waals surface area (Å²) in [6, 6.07) is 21.2. The van der Waals surface area contributed by atoms with E-state index in [1.807, 2.05) is 0 Å². The number of nitrogens with zero attached hydrogens (tertiary/aromatic N) is 1. The van der Waals surface area contributed by atoms with Gasteiger partial charge in [-0.1, -0.05) is 60.7 Å². The average molecular weight is 308 g/mol. The lowest BCUT2D eigenvalue weighted by Gasteiger charge is -2.34. The molecule has 1 amide bonds. The van der Waals surface area contributed by atoms with Crippen molar-refractivity contribution in [1.82, 2.24) is 4.90 Å². The molecule has 0 aliphatic carbocycles. The van der Waals surface area contributed by atoms with Gasteiger partial charge in [0.05, 0.1) is 5.92 Å². The summed E-state index contributed by atoms with van der Waals surface area (Å²) in [6.07, 6.45) is 1.97. The van der Waals surface area contributed by atoms with Crippen molar-refractivity contribution < 1.29 is 4.79 Å². The molecule has 1 aliphatic heterocycles. The minimum atomic E-state index is -0.161. The number of amides is 1. The van der Waals surface area contributed by atoms with E-state index in [1.54, 1.807) is 0 Å². The van der Waals surface area contributed by atoms with Gasteiger partial charge >= 0.3 is 0 Å². The number of rotatable bonds is 5. The van der Waals surface area contributed by atoms with Gasteiger partial charge in [0.25, 0.3) is 0 Å². The molecule has 1 atom stereocenters. The molecule has 3 rings (SSSR count).